The molecule has 0 unspecified atom stereocenters. The highest BCUT2D eigenvalue weighted by atomic mass is 16.1. The highest BCUT2D eigenvalue weighted by molar-refractivity contribution is 5.55. The van der Waals surface area contributed by atoms with E-state index in [1.807, 2.05) is 19.1 Å². The molecule has 0 amide bonds. The van der Waals surface area contributed by atoms with Gasteiger partial charge in [0.05, 0.1) is 0 Å². The second-order valence-electron chi connectivity index (χ2n) is 2.43. The Morgan fingerprint density at radius 1 is 1.45 bits per heavy atom. The Bertz CT molecular complexity index is 154. The van der Waals surface area contributed by atoms with Crippen molar-refractivity contribution in [1.82, 2.24) is 0 Å². The second kappa shape index (κ2) is 7.26. The van der Waals surface area contributed by atoms with Crippen molar-refractivity contribution in [3.63, 3.8) is 0 Å². The number of hydrogen-bond donors (Lipinski definition) is 0. The Morgan fingerprint density at radius 2 is 2.18 bits per heavy atom. The Morgan fingerprint density at radius 3 is 2.64 bits per heavy atom. The molecule has 0 fully saturated rings. The molecule has 0 rings (SSSR count). The second-order valence-corrected chi connectivity index (χ2v) is 2.43. The Labute approximate surface area is 68.8 Å². The van der Waals surface area contributed by atoms with Crippen molar-refractivity contribution < 1.29 is 4.79 Å². The molecule has 0 aromatic heterocycles. The largest absolute Gasteiger partial charge is 0.303 e. The van der Waals surface area contributed by atoms with Crippen LogP contribution >= 0.6 is 0 Å². The van der Waals surface area contributed by atoms with Crippen LogP contribution in [0.25, 0.3) is 0 Å². The van der Waals surface area contributed by atoms with E-state index in [2.05, 4.69) is 13.0 Å². The van der Waals surface area contributed by atoms with Crippen molar-refractivity contribution in [2.45, 2.75) is 33.1 Å². The van der Waals surface area contributed by atoms with Crippen molar-refractivity contribution in [3.05, 3.63) is 23.8 Å². The zero-order valence-corrected chi connectivity index (χ0v) is 7.34. The number of unbranched alkanes of at least 4 members (excludes halogenated alkanes) is 1. The van der Waals surface area contributed by atoms with Gasteiger partial charge in [-0.2, -0.15) is 0 Å². The Balaban J connectivity index is 3.77. The normalized spacial score (nSPS) is 12.4. The zero-order valence-electron chi connectivity index (χ0n) is 7.34. The fraction of sp³-hybridized carbons (Fsp3) is 0.500. The monoisotopic (exact) mass is 152 g/mol. The molecule has 0 aromatic carbocycles. The van der Waals surface area contributed by atoms with E-state index in [1.54, 1.807) is 0 Å². The molecule has 11 heavy (non-hydrogen) atoms. The van der Waals surface area contributed by atoms with Gasteiger partial charge in [0.1, 0.15) is 6.29 Å². The van der Waals surface area contributed by atoms with Crippen molar-refractivity contribution in [2.75, 3.05) is 0 Å². The van der Waals surface area contributed by atoms with Gasteiger partial charge >= 0.3 is 0 Å². The van der Waals surface area contributed by atoms with Crippen LogP contribution in [0.1, 0.15) is 33.1 Å². The number of carbonyl (C=O) groups excluding carboxylic acids is 1. The highest BCUT2D eigenvalue weighted by Crippen LogP contribution is 2.02. The molecule has 0 saturated heterocycles. The van der Waals surface area contributed by atoms with Gasteiger partial charge in [0.25, 0.3) is 0 Å². The summed E-state index contributed by atoms with van der Waals surface area (Å²) >= 11 is 0. The SMILES string of the molecule is CC=C(/C=C\CCC)CC=O. The first-order valence-electron chi connectivity index (χ1n) is 4.10. The molecule has 62 valence electrons. The van der Waals surface area contributed by atoms with E-state index in [9.17, 15) is 4.79 Å². The quantitative estimate of drug-likeness (QED) is 0.437. The number of carbonyl (C=O) groups is 1. The van der Waals surface area contributed by atoms with Crippen LogP contribution in [0.4, 0.5) is 0 Å². The maximum Gasteiger partial charge on any atom is 0.124 e. The molecular weight excluding hydrogens is 136 g/mol. The first-order valence-corrected chi connectivity index (χ1v) is 4.10. The van der Waals surface area contributed by atoms with Gasteiger partial charge in [0.2, 0.25) is 0 Å². The van der Waals surface area contributed by atoms with Crippen LogP contribution < -0.4 is 0 Å². The Hall–Kier alpha value is -0.850. The molecule has 0 aliphatic heterocycles. The molecule has 0 aliphatic carbocycles. The van der Waals surface area contributed by atoms with Gasteiger partial charge in [0, 0.05) is 6.42 Å². The topological polar surface area (TPSA) is 17.1 Å². The van der Waals surface area contributed by atoms with Crippen LogP contribution in [-0.2, 0) is 4.79 Å². The minimum atomic E-state index is 0.538. The van der Waals surface area contributed by atoms with Crippen LogP contribution in [0, 0.1) is 0 Å². The van der Waals surface area contributed by atoms with Gasteiger partial charge in [0.15, 0.2) is 0 Å². The first-order chi connectivity index (χ1) is 5.35. The van der Waals surface area contributed by atoms with E-state index in [1.165, 1.54) is 0 Å². The summed E-state index contributed by atoms with van der Waals surface area (Å²) in [4.78, 5) is 10.1. The summed E-state index contributed by atoms with van der Waals surface area (Å²) in [6, 6.07) is 0. The van der Waals surface area contributed by atoms with Crippen LogP contribution in [-0.4, -0.2) is 6.29 Å². The van der Waals surface area contributed by atoms with Gasteiger partial charge in [-0.1, -0.05) is 31.6 Å². The Kier molecular flexibility index (Phi) is 6.70. The molecule has 0 bridgehead atoms. The third kappa shape index (κ3) is 5.59. The molecule has 0 radical (unpaired) electrons. The fourth-order valence-corrected chi connectivity index (χ4v) is 0.780. The average Bonchev–Trinajstić information content (AvgIpc) is 2.03. The van der Waals surface area contributed by atoms with Crippen molar-refractivity contribution >= 4 is 6.29 Å². The summed E-state index contributed by atoms with van der Waals surface area (Å²) in [5.41, 5.74) is 1.11. The maximum absolute atomic E-state index is 10.1. The minimum absolute atomic E-state index is 0.538. The van der Waals surface area contributed by atoms with Gasteiger partial charge in [-0.3, -0.25) is 0 Å². The molecule has 0 N–H and O–H groups in total. The lowest BCUT2D eigenvalue weighted by molar-refractivity contribution is -0.107. The van der Waals surface area contributed by atoms with E-state index < -0.39 is 0 Å². The number of allylic oxidation sites excluding steroid dienone is 4. The minimum Gasteiger partial charge on any atom is -0.303 e. The van der Waals surface area contributed by atoms with E-state index in [0.717, 1.165) is 24.7 Å². The molecule has 1 nitrogen and oxygen atoms in total. The summed E-state index contributed by atoms with van der Waals surface area (Å²) in [5, 5.41) is 0. The van der Waals surface area contributed by atoms with Crippen LogP contribution in [0.3, 0.4) is 0 Å². The number of hydrogen-bond acceptors (Lipinski definition) is 1. The predicted molar refractivity (Wildman–Crippen MR) is 48.5 cm³/mol. The van der Waals surface area contributed by atoms with Crippen LogP contribution in [0.5, 0.6) is 0 Å². The molecular formula is C10H16O. The van der Waals surface area contributed by atoms with E-state index in [0.29, 0.717) is 6.42 Å². The molecule has 0 spiro atoms. The highest BCUT2D eigenvalue weighted by Gasteiger charge is 1.86. The fourth-order valence-electron chi connectivity index (χ4n) is 0.780. The van der Waals surface area contributed by atoms with Gasteiger partial charge in [-0.05, 0) is 18.9 Å². The summed E-state index contributed by atoms with van der Waals surface area (Å²) in [5.74, 6) is 0. The molecule has 1 heteroatoms. The molecule has 0 aliphatic rings. The standard InChI is InChI=1S/C10H16O/c1-3-5-6-7-10(4-2)8-9-11/h4,6-7,9H,3,5,8H2,1-2H3/b7-6-,10-4?. The zero-order chi connectivity index (χ0) is 8.53. The van der Waals surface area contributed by atoms with Crippen LogP contribution in [0.15, 0.2) is 23.8 Å². The van der Waals surface area contributed by atoms with E-state index in [4.69, 9.17) is 0 Å². The summed E-state index contributed by atoms with van der Waals surface area (Å²) in [6.45, 7) is 4.09. The van der Waals surface area contributed by atoms with E-state index >= 15 is 0 Å². The van der Waals surface area contributed by atoms with Crippen molar-refractivity contribution in [1.29, 1.82) is 0 Å². The molecule has 0 heterocycles. The molecule has 0 saturated carbocycles. The number of rotatable bonds is 5. The molecule has 0 atom stereocenters. The lowest BCUT2D eigenvalue weighted by Crippen LogP contribution is -1.78. The van der Waals surface area contributed by atoms with Crippen molar-refractivity contribution in [2.24, 2.45) is 0 Å². The predicted octanol–water partition coefficient (Wildman–Crippen LogP) is 2.88. The first kappa shape index (κ1) is 10.2. The molecule has 0 aromatic rings. The van der Waals surface area contributed by atoms with Gasteiger partial charge in [-0.15, -0.1) is 0 Å². The summed E-state index contributed by atoms with van der Waals surface area (Å²) in [6.07, 6.45) is 9.84. The van der Waals surface area contributed by atoms with Gasteiger partial charge in [-0.25, -0.2) is 0 Å². The van der Waals surface area contributed by atoms with E-state index in [-0.39, 0.29) is 0 Å². The van der Waals surface area contributed by atoms with Crippen molar-refractivity contribution in [3.8, 4) is 0 Å². The summed E-state index contributed by atoms with van der Waals surface area (Å²) in [7, 11) is 0. The third-order valence-corrected chi connectivity index (χ3v) is 1.48. The third-order valence-electron chi connectivity index (χ3n) is 1.48. The smallest absolute Gasteiger partial charge is 0.124 e. The number of aldehydes is 1. The lowest BCUT2D eigenvalue weighted by Gasteiger charge is -1.92. The average molecular weight is 152 g/mol. The lowest BCUT2D eigenvalue weighted by atomic mass is 10.1. The van der Waals surface area contributed by atoms with Gasteiger partial charge < -0.3 is 4.79 Å². The van der Waals surface area contributed by atoms with Crippen LogP contribution in [0.2, 0.25) is 0 Å². The summed E-state index contributed by atoms with van der Waals surface area (Å²) < 4.78 is 0. The maximum atomic E-state index is 10.1.